The quantitative estimate of drug-likeness (QED) is 0.857. The molecule has 0 spiro atoms. The number of aryl methyl sites for hydroxylation is 1. The van der Waals surface area contributed by atoms with Gasteiger partial charge in [0, 0.05) is 11.3 Å². The molecule has 1 aromatic rings. The molecule has 0 fully saturated rings. The Morgan fingerprint density at radius 3 is 2.73 bits per heavy atom. The summed E-state index contributed by atoms with van der Waals surface area (Å²) in [5, 5.41) is 6.00. The highest BCUT2D eigenvalue weighted by Crippen LogP contribution is 2.16. The van der Waals surface area contributed by atoms with Crippen molar-refractivity contribution in [2.75, 3.05) is 0 Å². The molecule has 15 heavy (non-hydrogen) atoms. The molecule has 4 heteroatoms. The lowest BCUT2D eigenvalue weighted by atomic mass is 10.1. The van der Waals surface area contributed by atoms with Crippen molar-refractivity contribution >= 4 is 17.2 Å². The van der Waals surface area contributed by atoms with Crippen molar-refractivity contribution < 1.29 is 4.79 Å². The Bertz CT molecular complexity index is 335. The molecule has 3 nitrogen and oxygen atoms in total. The first kappa shape index (κ1) is 12.2. The molecule has 0 aliphatic carbocycles. The van der Waals surface area contributed by atoms with Crippen LogP contribution in [0, 0.1) is 12.8 Å². The van der Waals surface area contributed by atoms with Crippen molar-refractivity contribution in [3.05, 3.63) is 16.1 Å². The first-order valence-electron chi connectivity index (χ1n) is 5.27. The summed E-state index contributed by atoms with van der Waals surface area (Å²) in [4.78, 5) is 16.0. The molecule has 0 radical (unpaired) electrons. The minimum atomic E-state index is 0.0106. The van der Waals surface area contributed by atoms with E-state index in [0.29, 0.717) is 0 Å². The molecule has 0 saturated carbocycles. The Balaban J connectivity index is 2.56. The van der Waals surface area contributed by atoms with Crippen LogP contribution in [0.25, 0.3) is 0 Å². The molecule has 0 saturated heterocycles. The van der Waals surface area contributed by atoms with Gasteiger partial charge in [0.05, 0.1) is 16.7 Å². The van der Waals surface area contributed by atoms with Gasteiger partial charge in [0.1, 0.15) is 0 Å². The zero-order valence-electron chi connectivity index (χ0n) is 9.70. The Hall–Kier alpha value is -0.900. The molecule has 0 bridgehead atoms. The van der Waals surface area contributed by atoms with E-state index in [9.17, 15) is 4.79 Å². The summed E-state index contributed by atoms with van der Waals surface area (Å²) in [7, 11) is 0. The Morgan fingerprint density at radius 2 is 2.27 bits per heavy atom. The fourth-order valence-corrected chi connectivity index (χ4v) is 1.90. The average Bonchev–Trinajstić information content (AvgIpc) is 2.63. The van der Waals surface area contributed by atoms with E-state index < -0.39 is 0 Å². The molecular formula is C11H18N2OS. The Kier molecular flexibility index (Phi) is 4.27. The van der Waals surface area contributed by atoms with Crippen LogP contribution in [0.1, 0.15) is 43.9 Å². The number of hydrogen-bond donors (Lipinski definition) is 1. The monoisotopic (exact) mass is 226 g/mol. The van der Waals surface area contributed by atoms with Gasteiger partial charge in [-0.1, -0.05) is 13.8 Å². The molecule has 84 valence electrons. The maximum Gasteiger partial charge on any atom is 0.223 e. The number of aromatic nitrogens is 1. The van der Waals surface area contributed by atoms with Crippen LogP contribution < -0.4 is 5.32 Å². The standard InChI is InChI=1S/C11H18N2OS/c1-5-7(2)11(14)12-8(3)10-6-15-9(4)13-10/h6-8H,5H2,1-4H3,(H,12,14)/t7-,8-/m0/s1. The number of thiazole rings is 1. The average molecular weight is 226 g/mol. The summed E-state index contributed by atoms with van der Waals surface area (Å²) < 4.78 is 0. The van der Waals surface area contributed by atoms with Crippen LogP contribution in [-0.2, 0) is 4.79 Å². The molecule has 1 N–H and O–H groups in total. The van der Waals surface area contributed by atoms with E-state index in [0.717, 1.165) is 17.1 Å². The summed E-state index contributed by atoms with van der Waals surface area (Å²) in [6.45, 7) is 7.89. The van der Waals surface area contributed by atoms with Crippen LogP contribution in [0.15, 0.2) is 5.38 Å². The predicted octanol–water partition coefficient (Wildman–Crippen LogP) is 2.67. The predicted molar refractivity (Wildman–Crippen MR) is 62.9 cm³/mol. The first-order valence-corrected chi connectivity index (χ1v) is 6.15. The molecule has 1 amide bonds. The second-order valence-corrected chi connectivity index (χ2v) is 4.89. The SMILES string of the molecule is CC[C@H](C)C(=O)N[C@@H](C)c1csc(C)n1. The van der Waals surface area contributed by atoms with E-state index in [-0.39, 0.29) is 17.9 Å². The third-order valence-corrected chi connectivity index (χ3v) is 3.29. The van der Waals surface area contributed by atoms with Crippen molar-refractivity contribution in [1.82, 2.24) is 10.3 Å². The van der Waals surface area contributed by atoms with Crippen molar-refractivity contribution in [2.45, 2.75) is 40.2 Å². The molecular weight excluding hydrogens is 208 g/mol. The van der Waals surface area contributed by atoms with Gasteiger partial charge in [0.15, 0.2) is 0 Å². The number of carbonyl (C=O) groups is 1. The van der Waals surface area contributed by atoms with Crippen LogP contribution in [0.2, 0.25) is 0 Å². The highest BCUT2D eigenvalue weighted by molar-refractivity contribution is 7.09. The summed E-state index contributed by atoms with van der Waals surface area (Å²) in [5.41, 5.74) is 0.953. The van der Waals surface area contributed by atoms with Crippen molar-refractivity contribution in [2.24, 2.45) is 5.92 Å². The number of nitrogens with one attached hydrogen (secondary N) is 1. The zero-order chi connectivity index (χ0) is 11.4. The van der Waals surface area contributed by atoms with Gasteiger partial charge in [0.2, 0.25) is 5.91 Å². The number of nitrogens with zero attached hydrogens (tertiary/aromatic N) is 1. The lowest BCUT2D eigenvalue weighted by Crippen LogP contribution is -2.31. The van der Waals surface area contributed by atoms with Gasteiger partial charge in [-0.25, -0.2) is 4.98 Å². The molecule has 0 aliphatic rings. The van der Waals surface area contributed by atoms with Gasteiger partial charge in [-0.2, -0.15) is 0 Å². The van der Waals surface area contributed by atoms with E-state index in [4.69, 9.17) is 0 Å². The number of carbonyl (C=O) groups excluding carboxylic acids is 1. The molecule has 0 unspecified atom stereocenters. The van der Waals surface area contributed by atoms with E-state index in [1.165, 1.54) is 0 Å². The maximum absolute atomic E-state index is 11.6. The van der Waals surface area contributed by atoms with Crippen LogP contribution in [-0.4, -0.2) is 10.9 Å². The van der Waals surface area contributed by atoms with Gasteiger partial charge in [0.25, 0.3) is 0 Å². The van der Waals surface area contributed by atoms with Gasteiger partial charge in [-0.3, -0.25) is 4.79 Å². The third kappa shape index (κ3) is 3.30. The van der Waals surface area contributed by atoms with E-state index in [1.807, 2.05) is 33.1 Å². The van der Waals surface area contributed by atoms with E-state index in [1.54, 1.807) is 11.3 Å². The van der Waals surface area contributed by atoms with Gasteiger partial charge >= 0.3 is 0 Å². The minimum Gasteiger partial charge on any atom is -0.348 e. The molecule has 0 aliphatic heterocycles. The molecule has 2 atom stereocenters. The summed E-state index contributed by atoms with van der Waals surface area (Å²) in [5.74, 6) is 0.183. The van der Waals surface area contributed by atoms with Crippen LogP contribution >= 0.6 is 11.3 Å². The van der Waals surface area contributed by atoms with Crippen LogP contribution in [0.3, 0.4) is 0 Å². The fourth-order valence-electron chi connectivity index (χ4n) is 1.19. The second kappa shape index (κ2) is 5.26. The maximum atomic E-state index is 11.6. The van der Waals surface area contributed by atoms with E-state index >= 15 is 0 Å². The van der Waals surface area contributed by atoms with Crippen molar-refractivity contribution in [3.63, 3.8) is 0 Å². The lowest BCUT2D eigenvalue weighted by Gasteiger charge is -2.14. The smallest absolute Gasteiger partial charge is 0.223 e. The zero-order valence-corrected chi connectivity index (χ0v) is 10.5. The summed E-state index contributed by atoms with van der Waals surface area (Å²) in [6.07, 6.45) is 0.870. The fraction of sp³-hybridized carbons (Fsp3) is 0.636. The van der Waals surface area contributed by atoms with E-state index in [2.05, 4.69) is 10.3 Å². The van der Waals surface area contributed by atoms with Gasteiger partial charge in [-0.15, -0.1) is 11.3 Å². The topological polar surface area (TPSA) is 42.0 Å². The van der Waals surface area contributed by atoms with Crippen LogP contribution in [0.4, 0.5) is 0 Å². The molecule has 1 heterocycles. The Morgan fingerprint density at radius 1 is 1.60 bits per heavy atom. The summed E-state index contributed by atoms with van der Waals surface area (Å²) in [6, 6.07) is 0.0106. The molecule has 1 rings (SSSR count). The minimum absolute atomic E-state index is 0.0106. The first-order chi connectivity index (χ1) is 7.04. The highest BCUT2D eigenvalue weighted by atomic mass is 32.1. The Labute approximate surface area is 94.9 Å². The molecule has 0 aromatic carbocycles. The van der Waals surface area contributed by atoms with Gasteiger partial charge in [-0.05, 0) is 20.3 Å². The number of rotatable bonds is 4. The summed E-state index contributed by atoms with van der Waals surface area (Å²) >= 11 is 1.61. The normalized spacial score (nSPS) is 14.7. The molecule has 1 aromatic heterocycles. The number of amides is 1. The van der Waals surface area contributed by atoms with Gasteiger partial charge < -0.3 is 5.32 Å². The highest BCUT2D eigenvalue weighted by Gasteiger charge is 2.15. The second-order valence-electron chi connectivity index (χ2n) is 3.83. The third-order valence-electron chi connectivity index (χ3n) is 2.50. The largest absolute Gasteiger partial charge is 0.348 e. The van der Waals surface area contributed by atoms with Crippen molar-refractivity contribution in [1.29, 1.82) is 0 Å². The lowest BCUT2D eigenvalue weighted by molar-refractivity contribution is -0.125. The number of hydrogen-bond acceptors (Lipinski definition) is 3. The van der Waals surface area contributed by atoms with Crippen LogP contribution in [0.5, 0.6) is 0 Å². The van der Waals surface area contributed by atoms with Crippen molar-refractivity contribution in [3.8, 4) is 0 Å².